The van der Waals surface area contributed by atoms with Crippen molar-refractivity contribution in [2.75, 3.05) is 10.2 Å². The van der Waals surface area contributed by atoms with E-state index in [-0.39, 0.29) is 5.91 Å². The Balaban J connectivity index is 1.40. The smallest absolute Gasteiger partial charge is 0.326 e. The maximum Gasteiger partial charge on any atom is 0.326 e. The maximum atomic E-state index is 14.0. The summed E-state index contributed by atoms with van der Waals surface area (Å²) < 4.78 is 14.0. The average Bonchev–Trinajstić information content (AvgIpc) is 3.47. The molecule has 2 atom stereocenters. The molecule has 0 aromatic heterocycles. The number of carbonyl (C=O) groups is 2. The first-order chi connectivity index (χ1) is 15.9. The highest BCUT2D eigenvalue weighted by molar-refractivity contribution is 6.31. The number of urea groups is 1. The molecule has 8 heteroatoms. The van der Waals surface area contributed by atoms with Crippen LogP contribution in [0.25, 0.3) is 0 Å². The number of nitrogens with zero attached hydrogens (tertiary/aromatic N) is 1. The van der Waals surface area contributed by atoms with Gasteiger partial charge < -0.3 is 15.7 Å². The number of hydrogen-bond donors (Lipinski definition) is 3. The van der Waals surface area contributed by atoms with E-state index in [1.807, 2.05) is 24.3 Å². The molecule has 3 aliphatic rings. The maximum absolute atomic E-state index is 14.0. The van der Waals surface area contributed by atoms with Crippen LogP contribution in [0, 0.1) is 5.82 Å². The normalized spacial score (nSPS) is 21.5. The highest BCUT2D eigenvalue weighted by atomic mass is 35.5. The van der Waals surface area contributed by atoms with E-state index in [0.717, 1.165) is 5.56 Å². The molecule has 33 heavy (non-hydrogen) atoms. The number of para-hydroxylation sites is 1. The average molecular weight is 464 g/mol. The molecule has 2 unspecified atom stereocenters. The van der Waals surface area contributed by atoms with Crippen molar-refractivity contribution in [2.45, 2.75) is 30.5 Å². The Labute approximate surface area is 194 Å². The summed E-state index contributed by atoms with van der Waals surface area (Å²) in [7, 11) is 0. The van der Waals surface area contributed by atoms with Crippen molar-refractivity contribution >= 4 is 34.9 Å². The summed E-state index contributed by atoms with van der Waals surface area (Å²) in [4.78, 5) is 27.8. The summed E-state index contributed by atoms with van der Waals surface area (Å²) in [6.07, 6.45) is 0.651. The van der Waals surface area contributed by atoms with Crippen molar-refractivity contribution in [3.05, 3.63) is 93.8 Å². The second-order valence-corrected chi connectivity index (χ2v) is 9.08. The molecule has 3 aromatic carbocycles. The molecule has 1 aliphatic carbocycles. The zero-order chi connectivity index (χ0) is 22.9. The van der Waals surface area contributed by atoms with Gasteiger partial charge in [0.1, 0.15) is 11.9 Å². The van der Waals surface area contributed by atoms with Gasteiger partial charge in [-0.2, -0.15) is 0 Å². The first kappa shape index (κ1) is 20.2. The van der Waals surface area contributed by atoms with Crippen LogP contribution in [-0.2, 0) is 0 Å². The lowest BCUT2D eigenvalue weighted by molar-refractivity contribution is 0.0960. The van der Waals surface area contributed by atoms with E-state index in [9.17, 15) is 19.1 Å². The number of amides is 3. The summed E-state index contributed by atoms with van der Waals surface area (Å²) in [5.41, 5.74) is 2.51. The van der Waals surface area contributed by atoms with Gasteiger partial charge in [-0.25, -0.2) is 9.18 Å². The lowest BCUT2D eigenvalue weighted by Crippen LogP contribution is -2.44. The predicted molar refractivity (Wildman–Crippen MR) is 122 cm³/mol. The summed E-state index contributed by atoms with van der Waals surface area (Å²) >= 11 is 6.33. The molecule has 0 bridgehead atoms. The fraction of sp³-hybridized carbons (Fsp3) is 0.200. The number of benzene rings is 3. The fourth-order valence-electron chi connectivity index (χ4n) is 5.12. The molecule has 1 spiro atoms. The Hall–Kier alpha value is -3.42. The molecular formula is C25H19ClFN3O3. The molecular weight excluding hydrogens is 445 g/mol. The second-order valence-electron chi connectivity index (χ2n) is 8.67. The Morgan fingerprint density at radius 3 is 2.70 bits per heavy atom. The van der Waals surface area contributed by atoms with Crippen LogP contribution in [0.3, 0.4) is 0 Å². The highest BCUT2D eigenvalue weighted by Gasteiger charge is 2.61. The molecule has 1 saturated carbocycles. The number of rotatable bonds is 2. The van der Waals surface area contributed by atoms with Crippen molar-refractivity contribution in [3.8, 4) is 0 Å². The van der Waals surface area contributed by atoms with Crippen LogP contribution in [-0.4, -0.2) is 22.6 Å². The lowest BCUT2D eigenvalue weighted by atomic mass is 9.96. The molecule has 166 valence electrons. The van der Waals surface area contributed by atoms with Crippen LogP contribution in [0.1, 0.15) is 52.0 Å². The lowest BCUT2D eigenvalue weighted by Gasteiger charge is -2.28. The van der Waals surface area contributed by atoms with E-state index < -0.39 is 29.5 Å². The minimum Gasteiger partial charge on any atom is -0.386 e. The number of aliphatic hydroxyl groups excluding tert-OH is 1. The van der Waals surface area contributed by atoms with Gasteiger partial charge in [-0.15, -0.1) is 0 Å². The molecule has 0 radical (unpaired) electrons. The molecule has 3 amide bonds. The number of halogens is 2. The van der Waals surface area contributed by atoms with E-state index in [0.29, 0.717) is 45.9 Å². The number of nitrogens with one attached hydrogen (secondary N) is 2. The van der Waals surface area contributed by atoms with Crippen molar-refractivity contribution in [3.63, 3.8) is 0 Å². The van der Waals surface area contributed by atoms with Gasteiger partial charge in [-0.3, -0.25) is 9.69 Å². The van der Waals surface area contributed by atoms with Gasteiger partial charge >= 0.3 is 6.03 Å². The van der Waals surface area contributed by atoms with Gasteiger partial charge in [-0.05, 0) is 49.2 Å². The third-order valence-corrected chi connectivity index (χ3v) is 7.16. The first-order valence-corrected chi connectivity index (χ1v) is 11.1. The standard InChI is InChI=1S/C25H19ClFN3O3/c26-17-9-8-13(27)12-16(17)21-20-15(23(32)29-21)5-3-6-18(20)28-24(33)30-19-7-2-1-4-14(19)22(31)25(30)10-11-25/h1-9,12,21-22,31H,10-11H2,(H,28,33)(H,29,32). The third-order valence-electron chi connectivity index (χ3n) is 6.82. The molecule has 0 saturated heterocycles. The van der Waals surface area contributed by atoms with Crippen LogP contribution < -0.4 is 15.5 Å². The van der Waals surface area contributed by atoms with Gasteiger partial charge in [0.15, 0.2) is 0 Å². The Bertz CT molecular complexity index is 1340. The molecule has 1 fully saturated rings. The topological polar surface area (TPSA) is 81.7 Å². The molecule has 2 heterocycles. The summed E-state index contributed by atoms with van der Waals surface area (Å²) in [6, 6.07) is 15.2. The molecule has 6 rings (SSSR count). The minimum absolute atomic E-state index is 0.309. The Kier molecular flexibility index (Phi) is 4.31. The van der Waals surface area contributed by atoms with Crippen molar-refractivity contribution in [1.82, 2.24) is 5.32 Å². The van der Waals surface area contributed by atoms with Gasteiger partial charge in [0.2, 0.25) is 0 Å². The molecule has 3 aromatic rings. The van der Waals surface area contributed by atoms with Gasteiger partial charge in [0.25, 0.3) is 5.91 Å². The van der Waals surface area contributed by atoms with Crippen LogP contribution in [0.4, 0.5) is 20.6 Å². The first-order valence-electron chi connectivity index (χ1n) is 10.7. The van der Waals surface area contributed by atoms with Crippen molar-refractivity contribution < 1.29 is 19.1 Å². The number of aliphatic hydroxyl groups is 1. The largest absolute Gasteiger partial charge is 0.386 e. The zero-order valence-corrected chi connectivity index (χ0v) is 18.1. The van der Waals surface area contributed by atoms with E-state index >= 15 is 0 Å². The second kappa shape index (κ2) is 7.04. The summed E-state index contributed by atoms with van der Waals surface area (Å²) in [5, 5.41) is 17.0. The van der Waals surface area contributed by atoms with E-state index in [1.165, 1.54) is 18.2 Å². The molecule has 2 aliphatic heterocycles. The van der Waals surface area contributed by atoms with E-state index in [2.05, 4.69) is 10.6 Å². The third kappa shape index (κ3) is 2.89. The van der Waals surface area contributed by atoms with Gasteiger partial charge in [0.05, 0.1) is 17.3 Å². The van der Waals surface area contributed by atoms with Crippen LogP contribution in [0.15, 0.2) is 60.7 Å². The zero-order valence-electron chi connectivity index (χ0n) is 17.3. The Morgan fingerprint density at radius 1 is 1.12 bits per heavy atom. The van der Waals surface area contributed by atoms with Crippen LogP contribution in [0.2, 0.25) is 5.02 Å². The summed E-state index contributed by atoms with van der Waals surface area (Å²) in [6.45, 7) is 0. The summed E-state index contributed by atoms with van der Waals surface area (Å²) in [5.74, 6) is -0.802. The molecule has 6 nitrogen and oxygen atoms in total. The highest BCUT2D eigenvalue weighted by Crippen LogP contribution is 2.59. The van der Waals surface area contributed by atoms with Gasteiger partial charge in [-0.1, -0.05) is 35.9 Å². The van der Waals surface area contributed by atoms with Crippen molar-refractivity contribution in [2.24, 2.45) is 0 Å². The Morgan fingerprint density at radius 2 is 1.91 bits per heavy atom. The number of carbonyl (C=O) groups excluding carboxylic acids is 2. The van der Waals surface area contributed by atoms with E-state index in [1.54, 1.807) is 23.1 Å². The predicted octanol–water partition coefficient (Wildman–Crippen LogP) is 4.93. The van der Waals surface area contributed by atoms with E-state index in [4.69, 9.17) is 11.6 Å². The number of fused-ring (bicyclic) bond motifs is 2. The fourth-order valence-corrected chi connectivity index (χ4v) is 5.34. The number of anilines is 2. The number of hydrogen-bond acceptors (Lipinski definition) is 3. The minimum atomic E-state index is -0.747. The quantitative estimate of drug-likeness (QED) is 0.504. The van der Waals surface area contributed by atoms with Crippen LogP contribution in [0.5, 0.6) is 0 Å². The van der Waals surface area contributed by atoms with Crippen molar-refractivity contribution in [1.29, 1.82) is 0 Å². The molecule has 3 N–H and O–H groups in total. The SMILES string of the molecule is O=C1NC(c2cc(F)ccc2Cl)c2c(NC(=O)N3c4ccccc4C(O)C34CC4)cccc21. The van der Waals surface area contributed by atoms with Crippen LogP contribution >= 0.6 is 11.6 Å². The van der Waals surface area contributed by atoms with Gasteiger partial charge in [0, 0.05) is 33.0 Å². The monoisotopic (exact) mass is 463 g/mol.